The maximum atomic E-state index is 3.85. The molecule has 0 aromatic heterocycles. The highest BCUT2D eigenvalue weighted by molar-refractivity contribution is 5.21. The first-order valence-electron chi connectivity index (χ1n) is 6.24. The number of hydrogen-bond donors (Lipinski definition) is 1. The van der Waals surface area contributed by atoms with Gasteiger partial charge in [-0.3, -0.25) is 0 Å². The zero-order valence-corrected chi connectivity index (χ0v) is 10.4. The topological polar surface area (TPSA) is 15.3 Å². The lowest BCUT2D eigenvalue weighted by Crippen LogP contribution is -2.43. The fraction of sp³-hybridized carbons (Fsp3) is 0.571. The zero-order chi connectivity index (χ0) is 11.6. The largest absolute Gasteiger partial charge is 0.314 e. The Kier molecular flexibility index (Phi) is 6.86. The lowest BCUT2D eigenvalue weighted by atomic mass is 10.1. The quantitative estimate of drug-likeness (QED) is 0.691. The van der Waals surface area contributed by atoms with E-state index in [1.54, 1.807) is 0 Å². The van der Waals surface area contributed by atoms with E-state index in [-0.39, 0.29) is 0 Å². The second-order valence-electron chi connectivity index (χ2n) is 4.17. The number of allylic oxidation sites excluding steroid dienone is 5. The van der Waals surface area contributed by atoms with Crippen molar-refractivity contribution in [1.29, 1.82) is 0 Å². The van der Waals surface area contributed by atoms with Crippen molar-refractivity contribution in [3.63, 3.8) is 0 Å². The van der Waals surface area contributed by atoms with Crippen LogP contribution >= 0.6 is 0 Å². The molecule has 1 N–H and O–H groups in total. The van der Waals surface area contributed by atoms with Crippen molar-refractivity contribution < 1.29 is 0 Å². The molecule has 2 heteroatoms. The van der Waals surface area contributed by atoms with E-state index in [1.807, 2.05) is 13.0 Å². The molecule has 1 aliphatic rings. The van der Waals surface area contributed by atoms with Gasteiger partial charge in [-0.1, -0.05) is 30.9 Å². The van der Waals surface area contributed by atoms with E-state index in [9.17, 15) is 0 Å². The molecule has 0 radical (unpaired) electrons. The minimum absolute atomic E-state index is 1.14. The molecule has 1 fully saturated rings. The summed E-state index contributed by atoms with van der Waals surface area (Å²) in [6.45, 7) is 11.8. The van der Waals surface area contributed by atoms with Gasteiger partial charge in [0, 0.05) is 26.2 Å². The second-order valence-corrected chi connectivity index (χ2v) is 4.17. The van der Waals surface area contributed by atoms with Gasteiger partial charge >= 0.3 is 0 Å². The van der Waals surface area contributed by atoms with Crippen molar-refractivity contribution in [2.75, 3.05) is 32.7 Å². The van der Waals surface area contributed by atoms with Crippen LogP contribution in [0.1, 0.15) is 19.8 Å². The van der Waals surface area contributed by atoms with Gasteiger partial charge in [0.2, 0.25) is 0 Å². The Morgan fingerprint density at radius 2 is 2.12 bits per heavy atom. The first-order chi connectivity index (χ1) is 7.86. The molecule has 1 rings (SSSR count). The maximum absolute atomic E-state index is 3.85. The molecule has 0 aliphatic carbocycles. The third kappa shape index (κ3) is 5.29. The first kappa shape index (κ1) is 13.2. The molecule has 1 heterocycles. The highest BCUT2D eigenvalue weighted by Gasteiger charge is 2.08. The molecule has 90 valence electrons. The highest BCUT2D eigenvalue weighted by Crippen LogP contribution is 2.08. The van der Waals surface area contributed by atoms with Crippen molar-refractivity contribution in [1.82, 2.24) is 10.2 Å². The van der Waals surface area contributed by atoms with Crippen molar-refractivity contribution in [2.24, 2.45) is 0 Å². The summed E-state index contributed by atoms with van der Waals surface area (Å²) in [4.78, 5) is 2.53. The fourth-order valence-electron chi connectivity index (χ4n) is 1.91. The van der Waals surface area contributed by atoms with Crippen molar-refractivity contribution in [3.8, 4) is 0 Å². The molecule has 0 saturated carbocycles. The van der Waals surface area contributed by atoms with Gasteiger partial charge in [-0.05, 0) is 31.9 Å². The summed E-state index contributed by atoms with van der Waals surface area (Å²) in [5.41, 5.74) is 1.34. The lowest BCUT2D eigenvalue weighted by molar-refractivity contribution is 0.239. The molecule has 1 aliphatic heterocycles. The Labute approximate surface area is 99.7 Å². The van der Waals surface area contributed by atoms with Crippen LogP contribution < -0.4 is 5.32 Å². The summed E-state index contributed by atoms with van der Waals surface area (Å²) in [5.74, 6) is 0. The molecule has 16 heavy (non-hydrogen) atoms. The molecule has 1 saturated heterocycles. The number of nitrogens with zero attached hydrogens (tertiary/aromatic N) is 1. The SMILES string of the molecule is C=C/C(=C\C=C/C)CCCN1CCNCC1. The third-order valence-electron chi connectivity index (χ3n) is 2.91. The second kappa shape index (κ2) is 8.31. The van der Waals surface area contributed by atoms with Gasteiger partial charge in [-0.15, -0.1) is 0 Å². The van der Waals surface area contributed by atoms with Gasteiger partial charge in [0.25, 0.3) is 0 Å². The predicted octanol–water partition coefficient (Wildman–Crippen LogP) is 2.36. The lowest BCUT2D eigenvalue weighted by Gasteiger charge is -2.27. The Morgan fingerprint density at radius 1 is 1.38 bits per heavy atom. The summed E-state index contributed by atoms with van der Waals surface area (Å²) < 4.78 is 0. The number of nitrogens with one attached hydrogen (secondary N) is 1. The molecule has 0 unspecified atom stereocenters. The number of rotatable bonds is 6. The average Bonchev–Trinajstić information content (AvgIpc) is 2.35. The molecule has 0 amide bonds. The van der Waals surface area contributed by atoms with E-state index in [2.05, 4.69) is 35.0 Å². The normalized spacial score (nSPS) is 19.2. The third-order valence-corrected chi connectivity index (χ3v) is 2.91. The summed E-state index contributed by atoms with van der Waals surface area (Å²) in [6, 6.07) is 0. The molecular weight excluding hydrogens is 196 g/mol. The fourth-order valence-corrected chi connectivity index (χ4v) is 1.91. The minimum atomic E-state index is 1.14. The van der Waals surface area contributed by atoms with Crippen LogP contribution in [-0.2, 0) is 0 Å². The van der Waals surface area contributed by atoms with E-state index in [0.717, 1.165) is 19.5 Å². The summed E-state index contributed by atoms with van der Waals surface area (Å²) in [5, 5.41) is 3.37. The van der Waals surface area contributed by atoms with Gasteiger partial charge in [-0.25, -0.2) is 0 Å². The highest BCUT2D eigenvalue weighted by atomic mass is 15.2. The van der Waals surface area contributed by atoms with E-state index in [1.165, 1.54) is 31.6 Å². The van der Waals surface area contributed by atoms with Crippen LogP contribution in [-0.4, -0.2) is 37.6 Å². The molecule has 2 nitrogen and oxygen atoms in total. The average molecular weight is 220 g/mol. The summed E-state index contributed by atoms with van der Waals surface area (Å²) in [7, 11) is 0. The van der Waals surface area contributed by atoms with E-state index in [4.69, 9.17) is 0 Å². The van der Waals surface area contributed by atoms with Gasteiger partial charge < -0.3 is 10.2 Å². The smallest absolute Gasteiger partial charge is 0.0107 e. The Balaban J connectivity index is 2.19. The van der Waals surface area contributed by atoms with Gasteiger partial charge in [-0.2, -0.15) is 0 Å². The zero-order valence-electron chi connectivity index (χ0n) is 10.4. The maximum Gasteiger partial charge on any atom is 0.0107 e. The van der Waals surface area contributed by atoms with Crippen LogP contribution in [0, 0.1) is 0 Å². The van der Waals surface area contributed by atoms with Crippen molar-refractivity contribution in [3.05, 3.63) is 36.5 Å². The van der Waals surface area contributed by atoms with Crippen molar-refractivity contribution >= 4 is 0 Å². The van der Waals surface area contributed by atoms with Crippen LogP contribution in [0.25, 0.3) is 0 Å². The van der Waals surface area contributed by atoms with Crippen LogP contribution in [0.15, 0.2) is 36.5 Å². The van der Waals surface area contributed by atoms with E-state index >= 15 is 0 Å². The van der Waals surface area contributed by atoms with Crippen LogP contribution in [0.5, 0.6) is 0 Å². The predicted molar refractivity (Wildman–Crippen MR) is 71.6 cm³/mol. The standard InChI is InChI=1S/C14H24N2/c1-3-5-7-14(4-2)8-6-11-16-12-9-15-10-13-16/h3-5,7,15H,2,6,8-13H2,1H3/b5-3-,14-7+. The molecule has 0 atom stereocenters. The van der Waals surface area contributed by atoms with E-state index < -0.39 is 0 Å². The van der Waals surface area contributed by atoms with Crippen LogP contribution in [0.4, 0.5) is 0 Å². The Bertz CT molecular complexity index is 247. The first-order valence-corrected chi connectivity index (χ1v) is 6.24. The molecular formula is C14H24N2. The molecule has 0 spiro atoms. The molecule has 0 aromatic carbocycles. The van der Waals surface area contributed by atoms with Gasteiger partial charge in [0.15, 0.2) is 0 Å². The summed E-state index contributed by atoms with van der Waals surface area (Å²) >= 11 is 0. The monoisotopic (exact) mass is 220 g/mol. The summed E-state index contributed by atoms with van der Waals surface area (Å²) in [6.07, 6.45) is 10.6. The van der Waals surface area contributed by atoms with Gasteiger partial charge in [0.1, 0.15) is 0 Å². The van der Waals surface area contributed by atoms with E-state index in [0.29, 0.717) is 0 Å². The molecule has 0 bridgehead atoms. The van der Waals surface area contributed by atoms with Gasteiger partial charge in [0.05, 0.1) is 0 Å². The molecule has 0 aromatic rings. The minimum Gasteiger partial charge on any atom is -0.314 e. The number of hydrogen-bond acceptors (Lipinski definition) is 2. The van der Waals surface area contributed by atoms with Crippen molar-refractivity contribution in [2.45, 2.75) is 19.8 Å². The van der Waals surface area contributed by atoms with Crippen LogP contribution in [0.3, 0.4) is 0 Å². The number of piperazine rings is 1. The Hall–Kier alpha value is -0.860. The van der Waals surface area contributed by atoms with Crippen LogP contribution in [0.2, 0.25) is 0 Å². The Morgan fingerprint density at radius 3 is 2.75 bits per heavy atom.